The molecule has 104 valence electrons. The maximum Gasteiger partial charge on any atom is 0.174 e. The lowest BCUT2D eigenvalue weighted by Crippen LogP contribution is -2.19. The number of oxime groups is 1. The van der Waals surface area contributed by atoms with Gasteiger partial charge in [0.15, 0.2) is 5.84 Å². The first-order chi connectivity index (χ1) is 9.60. The third-order valence-corrected chi connectivity index (χ3v) is 3.52. The number of hydrogen-bond donors (Lipinski definition) is 2. The van der Waals surface area contributed by atoms with Crippen LogP contribution < -0.4 is 5.73 Å². The van der Waals surface area contributed by atoms with E-state index in [4.69, 9.17) is 10.9 Å². The van der Waals surface area contributed by atoms with Crippen LogP contribution in [-0.2, 0) is 0 Å². The molecule has 0 saturated heterocycles. The zero-order valence-corrected chi connectivity index (χ0v) is 11.5. The highest BCUT2D eigenvalue weighted by molar-refractivity contribution is 6.01. The molecule has 2 aromatic heterocycles. The maximum atomic E-state index is 8.96. The minimum Gasteiger partial charge on any atom is -0.409 e. The molecule has 2 heterocycles. The van der Waals surface area contributed by atoms with Crippen LogP contribution in [0.15, 0.2) is 23.5 Å². The van der Waals surface area contributed by atoms with E-state index in [0.29, 0.717) is 11.5 Å². The van der Waals surface area contributed by atoms with Crippen LogP contribution in [0, 0.1) is 13.8 Å². The van der Waals surface area contributed by atoms with Gasteiger partial charge in [0, 0.05) is 17.8 Å². The van der Waals surface area contributed by atoms with Crippen molar-refractivity contribution in [2.45, 2.75) is 32.6 Å². The Hall–Kier alpha value is -2.37. The van der Waals surface area contributed by atoms with Gasteiger partial charge < -0.3 is 10.9 Å². The molecule has 3 N–H and O–H groups in total. The fraction of sp³-hybridized carbons (Fsp3) is 0.357. The van der Waals surface area contributed by atoms with Gasteiger partial charge in [-0.1, -0.05) is 5.16 Å². The van der Waals surface area contributed by atoms with Gasteiger partial charge in [-0.2, -0.15) is 5.10 Å². The normalized spacial score (nSPS) is 15.6. The molecule has 1 aliphatic rings. The summed E-state index contributed by atoms with van der Waals surface area (Å²) >= 11 is 0. The van der Waals surface area contributed by atoms with Gasteiger partial charge in [-0.05, 0) is 38.8 Å². The number of aryl methyl sites for hydroxylation is 2. The molecule has 1 saturated carbocycles. The fourth-order valence-electron chi connectivity index (χ4n) is 2.42. The van der Waals surface area contributed by atoms with Crippen molar-refractivity contribution in [1.82, 2.24) is 14.8 Å². The molecule has 0 unspecified atom stereocenters. The Balaban J connectivity index is 2.14. The van der Waals surface area contributed by atoms with Crippen molar-refractivity contribution in [3.63, 3.8) is 0 Å². The molecule has 1 aliphatic carbocycles. The highest BCUT2D eigenvalue weighted by Gasteiger charge is 2.26. The molecule has 20 heavy (non-hydrogen) atoms. The van der Waals surface area contributed by atoms with Crippen LogP contribution in [0.5, 0.6) is 0 Å². The van der Waals surface area contributed by atoms with Crippen LogP contribution >= 0.6 is 0 Å². The molecule has 0 spiro atoms. The minimum atomic E-state index is 0.0495. The van der Waals surface area contributed by atoms with Gasteiger partial charge in [-0.3, -0.25) is 4.98 Å². The first kappa shape index (κ1) is 12.7. The molecule has 6 nitrogen and oxygen atoms in total. The Morgan fingerprint density at radius 1 is 1.45 bits per heavy atom. The number of hydrogen-bond acceptors (Lipinski definition) is 4. The molecule has 3 rings (SSSR count). The first-order valence-corrected chi connectivity index (χ1v) is 6.62. The van der Waals surface area contributed by atoms with E-state index >= 15 is 0 Å². The number of amidine groups is 1. The molecule has 0 amide bonds. The van der Waals surface area contributed by atoms with E-state index in [1.165, 1.54) is 12.8 Å². The second-order valence-corrected chi connectivity index (χ2v) is 5.19. The van der Waals surface area contributed by atoms with Gasteiger partial charge in [-0.15, -0.1) is 0 Å². The van der Waals surface area contributed by atoms with E-state index in [-0.39, 0.29) is 5.84 Å². The number of pyridine rings is 1. The van der Waals surface area contributed by atoms with Gasteiger partial charge in [-0.25, -0.2) is 4.68 Å². The second kappa shape index (κ2) is 4.63. The Morgan fingerprint density at radius 3 is 2.85 bits per heavy atom. The summed E-state index contributed by atoms with van der Waals surface area (Å²) in [7, 11) is 0. The maximum absolute atomic E-state index is 8.96. The summed E-state index contributed by atoms with van der Waals surface area (Å²) in [4.78, 5) is 4.37. The second-order valence-electron chi connectivity index (χ2n) is 5.19. The number of nitrogens with two attached hydrogens (primary N) is 1. The summed E-state index contributed by atoms with van der Waals surface area (Å²) in [6.45, 7) is 3.76. The zero-order valence-electron chi connectivity index (χ0n) is 11.5. The quantitative estimate of drug-likeness (QED) is 0.386. The monoisotopic (exact) mass is 271 g/mol. The largest absolute Gasteiger partial charge is 0.409 e. The van der Waals surface area contributed by atoms with Crippen molar-refractivity contribution in [2.75, 3.05) is 0 Å². The highest BCUT2D eigenvalue weighted by Crippen LogP contribution is 2.39. The Bertz CT molecular complexity index is 685. The molecule has 0 atom stereocenters. The number of rotatable bonds is 3. The average molecular weight is 271 g/mol. The lowest BCUT2D eigenvalue weighted by Gasteiger charge is -2.12. The standard InChI is InChI=1S/C14H17N5O/c1-8-7-12(13(9(2)16-8)14(15)18-20)19-6-5-11(17-19)10-3-4-10/h5-7,10,20H,3-4H2,1-2H3,(H2,15,18). The molecule has 1 fully saturated rings. The first-order valence-electron chi connectivity index (χ1n) is 6.62. The summed E-state index contributed by atoms with van der Waals surface area (Å²) in [5, 5.41) is 16.7. The Morgan fingerprint density at radius 2 is 2.20 bits per heavy atom. The fourth-order valence-corrected chi connectivity index (χ4v) is 2.42. The van der Waals surface area contributed by atoms with Crippen molar-refractivity contribution in [3.05, 3.63) is 41.0 Å². The topological polar surface area (TPSA) is 89.3 Å². The van der Waals surface area contributed by atoms with Crippen LogP contribution in [0.1, 0.15) is 41.4 Å². The van der Waals surface area contributed by atoms with Gasteiger partial charge in [0.2, 0.25) is 0 Å². The average Bonchev–Trinajstić information content (AvgIpc) is 3.15. The zero-order chi connectivity index (χ0) is 14.3. The van der Waals surface area contributed by atoms with Crippen LogP contribution in [0.25, 0.3) is 5.69 Å². The Kier molecular flexibility index (Phi) is 2.93. The summed E-state index contributed by atoms with van der Waals surface area (Å²) in [5.41, 5.74) is 9.88. The molecule has 0 aromatic carbocycles. The van der Waals surface area contributed by atoms with Crippen LogP contribution in [0.2, 0.25) is 0 Å². The Labute approximate surface area is 116 Å². The lowest BCUT2D eigenvalue weighted by molar-refractivity contribution is 0.318. The molecule has 0 radical (unpaired) electrons. The van der Waals surface area contributed by atoms with Crippen molar-refractivity contribution in [2.24, 2.45) is 10.9 Å². The molecular formula is C14H17N5O. The van der Waals surface area contributed by atoms with E-state index < -0.39 is 0 Å². The lowest BCUT2D eigenvalue weighted by atomic mass is 10.1. The van der Waals surface area contributed by atoms with E-state index in [1.54, 1.807) is 4.68 Å². The van der Waals surface area contributed by atoms with E-state index in [9.17, 15) is 0 Å². The van der Waals surface area contributed by atoms with Crippen molar-refractivity contribution < 1.29 is 5.21 Å². The smallest absolute Gasteiger partial charge is 0.174 e. The third kappa shape index (κ3) is 2.13. The SMILES string of the molecule is Cc1cc(-n2ccc(C3CC3)n2)c(/C(N)=N/O)c(C)n1. The van der Waals surface area contributed by atoms with Crippen molar-refractivity contribution in [3.8, 4) is 5.69 Å². The van der Waals surface area contributed by atoms with E-state index in [1.807, 2.05) is 32.2 Å². The highest BCUT2D eigenvalue weighted by atomic mass is 16.4. The van der Waals surface area contributed by atoms with Gasteiger partial charge >= 0.3 is 0 Å². The molecule has 0 bridgehead atoms. The summed E-state index contributed by atoms with van der Waals surface area (Å²) in [5.74, 6) is 0.640. The van der Waals surface area contributed by atoms with Gasteiger partial charge in [0.1, 0.15) is 0 Å². The summed E-state index contributed by atoms with van der Waals surface area (Å²) < 4.78 is 1.78. The number of nitrogens with zero attached hydrogens (tertiary/aromatic N) is 4. The third-order valence-electron chi connectivity index (χ3n) is 3.52. The summed E-state index contributed by atoms with van der Waals surface area (Å²) in [6, 6.07) is 3.92. The summed E-state index contributed by atoms with van der Waals surface area (Å²) in [6.07, 6.45) is 4.33. The van der Waals surface area contributed by atoms with Crippen molar-refractivity contribution >= 4 is 5.84 Å². The molecule has 0 aliphatic heterocycles. The predicted molar refractivity (Wildman–Crippen MR) is 75.3 cm³/mol. The number of aromatic nitrogens is 3. The molecular weight excluding hydrogens is 254 g/mol. The van der Waals surface area contributed by atoms with Gasteiger partial charge in [0.05, 0.1) is 22.6 Å². The van der Waals surface area contributed by atoms with Crippen LogP contribution in [-0.4, -0.2) is 25.8 Å². The molecule has 2 aromatic rings. The van der Waals surface area contributed by atoms with Gasteiger partial charge in [0.25, 0.3) is 0 Å². The van der Waals surface area contributed by atoms with Crippen molar-refractivity contribution in [1.29, 1.82) is 0 Å². The van der Waals surface area contributed by atoms with Crippen LogP contribution in [0.4, 0.5) is 0 Å². The predicted octanol–water partition coefficient (Wildman–Crippen LogP) is 1.86. The minimum absolute atomic E-state index is 0.0495. The van der Waals surface area contributed by atoms with Crippen LogP contribution in [0.3, 0.4) is 0 Å². The van der Waals surface area contributed by atoms with E-state index in [2.05, 4.69) is 15.2 Å². The van der Waals surface area contributed by atoms with E-state index in [0.717, 1.165) is 22.8 Å². The molecule has 6 heteroatoms.